The van der Waals surface area contributed by atoms with E-state index in [2.05, 4.69) is 10.3 Å². The van der Waals surface area contributed by atoms with Gasteiger partial charge in [0.25, 0.3) is 0 Å². The second-order valence-corrected chi connectivity index (χ2v) is 7.31. The Morgan fingerprint density at radius 2 is 2.32 bits per heavy atom. The van der Waals surface area contributed by atoms with Gasteiger partial charge in [0, 0.05) is 24.3 Å². The van der Waals surface area contributed by atoms with Crippen molar-refractivity contribution >= 4 is 29.0 Å². The number of hydrogen-bond donors (Lipinski definition) is 2. The van der Waals surface area contributed by atoms with E-state index in [9.17, 15) is 4.79 Å². The maximum Gasteiger partial charge on any atom is 0.230 e. The van der Waals surface area contributed by atoms with Crippen LogP contribution < -0.4 is 5.32 Å². The molecule has 108 valence electrons. The Bertz CT molecular complexity index is 405. The highest BCUT2D eigenvalue weighted by atomic mass is 32.2. The third kappa shape index (κ3) is 6.94. The summed E-state index contributed by atoms with van der Waals surface area (Å²) in [5.74, 6) is 1.27. The number of aliphatic hydroxyl groups excluding tert-OH is 1. The van der Waals surface area contributed by atoms with Gasteiger partial charge in [0.1, 0.15) is 0 Å². The maximum atomic E-state index is 11.7. The molecule has 0 aliphatic carbocycles. The summed E-state index contributed by atoms with van der Waals surface area (Å²) in [6.45, 7) is 6.81. The molecule has 0 aliphatic heterocycles. The molecule has 0 radical (unpaired) electrons. The highest BCUT2D eigenvalue weighted by Crippen LogP contribution is 2.18. The molecule has 6 heteroatoms. The van der Waals surface area contributed by atoms with Crippen LogP contribution in [0.3, 0.4) is 0 Å². The third-order valence-corrected chi connectivity index (χ3v) is 4.49. The Hall–Kier alpha value is -0.590. The van der Waals surface area contributed by atoms with Gasteiger partial charge in [0.15, 0.2) is 0 Å². The van der Waals surface area contributed by atoms with E-state index in [-0.39, 0.29) is 17.9 Å². The van der Waals surface area contributed by atoms with Crippen molar-refractivity contribution in [3.8, 4) is 0 Å². The van der Waals surface area contributed by atoms with Crippen LogP contribution in [0.1, 0.15) is 31.0 Å². The molecule has 0 spiro atoms. The van der Waals surface area contributed by atoms with Crippen molar-refractivity contribution in [1.82, 2.24) is 10.3 Å². The minimum absolute atomic E-state index is 0.0444. The van der Waals surface area contributed by atoms with Gasteiger partial charge in [-0.25, -0.2) is 4.98 Å². The van der Waals surface area contributed by atoms with E-state index in [4.69, 9.17) is 5.11 Å². The van der Waals surface area contributed by atoms with E-state index in [0.717, 1.165) is 16.5 Å². The molecular formula is C13H22N2O2S2. The van der Waals surface area contributed by atoms with Crippen LogP contribution in [0.2, 0.25) is 0 Å². The van der Waals surface area contributed by atoms with Crippen LogP contribution in [0.5, 0.6) is 0 Å². The number of thiazole rings is 1. The second-order valence-electron chi connectivity index (χ2n) is 5.27. The van der Waals surface area contributed by atoms with Gasteiger partial charge in [0.2, 0.25) is 5.91 Å². The molecule has 0 bridgehead atoms. The van der Waals surface area contributed by atoms with Crippen LogP contribution >= 0.6 is 23.1 Å². The monoisotopic (exact) mass is 302 g/mol. The fourth-order valence-electron chi connectivity index (χ4n) is 1.50. The topological polar surface area (TPSA) is 62.2 Å². The first-order chi connectivity index (χ1) is 8.93. The molecule has 0 atom stereocenters. The lowest BCUT2D eigenvalue weighted by atomic mass is 9.90. The summed E-state index contributed by atoms with van der Waals surface area (Å²) < 4.78 is 0. The van der Waals surface area contributed by atoms with Crippen molar-refractivity contribution in [3.05, 3.63) is 16.1 Å². The number of carbonyl (C=O) groups is 1. The van der Waals surface area contributed by atoms with Gasteiger partial charge in [-0.3, -0.25) is 4.79 Å². The van der Waals surface area contributed by atoms with Crippen LogP contribution in [0, 0.1) is 12.3 Å². The molecule has 2 N–H and O–H groups in total. The van der Waals surface area contributed by atoms with E-state index in [0.29, 0.717) is 18.7 Å². The zero-order valence-corrected chi connectivity index (χ0v) is 13.4. The van der Waals surface area contributed by atoms with Gasteiger partial charge in [-0.1, -0.05) is 13.8 Å². The molecule has 0 fully saturated rings. The quantitative estimate of drug-likeness (QED) is 0.773. The lowest BCUT2D eigenvalue weighted by molar-refractivity contribution is -0.119. The lowest BCUT2D eigenvalue weighted by Gasteiger charge is -2.23. The van der Waals surface area contributed by atoms with Crippen LogP contribution in [0.15, 0.2) is 5.38 Å². The van der Waals surface area contributed by atoms with Crippen LogP contribution in [-0.2, 0) is 10.5 Å². The smallest absolute Gasteiger partial charge is 0.230 e. The number of amides is 1. The standard InChI is InChI=1S/C13H22N2O2S2/c1-10-15-11(7-19-10)6-18-8-12(17)14-9-13(2,3)4-5-16/h7,16H,4-6,8-9H2,1-3H3,(H,14,17). The van der Waals surface area contributed by atoms with Gasteiger partial charge < -0.3 is 10.4 Å². The van der Waals surface area contributed by atoms with E-state index < -0.39 is 0 Å². The van der Waals surface area contributed by atoms with Crippen molar-refractivity contribution in [1.29, 1.82) is 0 Å². The molecule has 1 aromatic heterocycles. The predicted molar refractivity (Wildman–Crippen MR) is 81.5 cm³/mol. The molecule has 0 saturated heterocycles. The first-order valence-corrected chi connectivity index (χ1v) is 8.33. The second kappa shape index (κ2) is 7.87. The number of carbonyl (C=O) groups excluding carboxylic acids is 1. The summed E-state index contributed by atoms with van der Waals surface area (Å²) >= 11 is 3.21. The molecule has 1 heterocycles. The van der Waals surface area contributed by atoms with E-state index >= 15 is 0 Å². The Kier molecular flexibility index (Phi) is 6.82. The summed E-state index contributed by atoms with van der Waals surface area (Å²) in [5.41, 5.74) is 0.988. The lowest BCUT2D eigenvalue weighted by Crippen LogP contribution is -2.35. The highest BCUT2D eigenvalue weighted by Gasteiger charge is 2.17. The van der Waals surface area contributed by atoms with Crippen molar-refractivity contribution in [2.45, 2.75) is 32.9 Å². The summed E-state index contributed by atoms with van der Waals surface area (Å²) in [6, 6.07) is 0. The fraction of sp³-hybridized carbons (Fsp3) is 0.692. The molecule has 0 aromatic carbocycles. The average molecular weight is 302 g/mol. The summed E-state index contributed by atoms with van der Waals surface area (Å²) in [5, 5.41) is 14.9. The SMILES string of the molecule is Cc1nc(CSCC(=O)NCC(C)(C)CCO)cs1. The van der Waals surface area contributed by atoms with Gasteiger partial charge in [-0.05, 0) is 18.8 Å². The maximum absolute atomic E-state index is 11.7. The molecule has 0 aliphatic rings. The summed E-state index contributed by atoms with van der Waals surface area (Å²) in [6.07, 6.45) is 0.693. The number of nitrogens with one attached hydrogen (secondary N) is 1. The molecular weight excluding hydrogens is 280 g/mol. The highest BCUT2D eigenvalue weighted by molar-refractivity contribution is 7.99. The normalized spacial score (nSPS) is 11.6. The Balaban J connectivity index is 2.18. The summed E-state index contributed by atoms with van der Waals surface area (Å²) in [7, 11) is 0. The number of aliphatic hydroxyl groups is 1. The largest absolute Gasteiger partial charge is 0.396 e. The van der Waals surface area contributed by atoms with Crippen LogP contribution in [0.25, 0.3) is 0 Å². The molecule has 19 heavy (non-hydrogen) atoms. The summed E-state index contributed by atoms with van der Waals surface area (Å²) in [4.78, 5) is 16.0. The molecule has 4 nitrogen and oxygen atoms in total. The first-order valence-electron chi connectivity index (χ1n) is 6.29. The number of nitrogens with zero attached hydrogens (tertiary/aromatic N) is 1. The third-order valence-electron chi connectivity index (χ3n) is 2.70. The number of rotatable bonds is 8. The zero-order valence-electron chi connectivity index (χ0n) is 11.7. The van der Waals surface area contributed by atoms with Crippen molar-refractivity contribution in [3.63, 3.8) is 0 Å². The van der Waals surface area contributed by atoms with Crippen LogP contribution in [0.4, 0.5) is 0 Å². The Labute approximate surface area is 123 Å². The van der Waals surface area contributed by atoms with Gasteiger partial charge in [-0.15, -0.1) is 23.1 Å². The number of aromatic nitrogens is 1. The number of hydrogen-bond acceptors (Lipinski definition) is 5. The van der Waals surface area contributed by atoms with Gasteiger partial charge >= 0.3 is 0 Å². The molecule has 0 unspecified atom stereocenters. The average Bonchev–Trinajstić information content (AvgIpc) is 2.73. The predicted octanol–water partition coefficient (Wildman–Crippen LogP) is 2.21. The van der Waals surface area contributed by atoms with Crippen molar-refractivity contribution < 1.29 is 9.90 Å². The fourth-order valence-corrected chi connectivity index (χ4v) is 2.97. The molecule has 0 saturated carbocycles. The van der Waals surface area contributed by atoms with Gasteiger partial charge in [0.05, 0.1) is 16.5 Å². The van der Waals surface area contributed by atoms with Crippen LogP contribution in [-0.4, -0.2) is 34.9 Å². The Morgan fingerprint density at radius 1 is 1.58 bits per heavy atom. The van der Waals surface area contributed by atoms with Gasteiger partial charge in [-0.2, -0.15) is 0 Å². The minimum Gasteiger partial charge on any atom is -0.396 e. The number of thioether (sulfide) groups is 1. The van der Waals surface area contributed by atoms with E-state index in [1.807, 2.05) is 26.2 Å². The van der Waals surface area contributed by atoms with E-state index in [1.165, 1.54) is 0 Å². The molecule has 1 amide bonds. The number of aryl methyl sites for hydroxylation is 1. The minimum atomic E-state index is -0.0545. The van der Waals surface area contributed by atoms with Crippen molar-refractivity contribution in [2.75, 3.05) is 18.9 Å². The molecule has 1 aromatic rings. The van der Waals surface area contributed by atoms with Crippen molar-refractivity contribution in [2.24, 2.45) is 5.41 Å². The molecule has 1 rings (SSSR count). The first kappa shape index (κ1) is 16.5. The zero-order chi connectivity index (χ0) is 14.3. The Morgan fingerprint density at radius 3 is 2.89 bits per heavy atom. The van der Waals surface area contributed by atoms with E-state index in [1.54, 1.807) is 23.1 Å².